The summed E-state index contributed by atoms with van der Waals surface area (Å²) in [7, 11) is 0. The maximum Gasteiger partial charge on any atom is 0.407 e. The number of carbonyl (C=O) groups excluding carboxylic acids is 1. The molecule has 1 atom stereocenters. The van der Waals surface area contributed by atoms with Crippen molar-refractivity contribution in [1.82, 2.24) is 10.6 Å². The standard InChI is InChI=1S/C25H44N2O5/c1-25(2,3)32-24(31)27-16-12-10-8-6-4-5-7-9-11-15-26-18-23(30)20-13-14-22(29)21(17-20)19-28/h13-14,17,23,26,28-30H,4-12,15-16,18-19H2,1-3H3,(H,27,31)/t23-/m0/s1. The molecule has 0 bridgehead atoms. The number of aliphatic hydroxyl groups excluding tert-OH is 2. The molecule has 184 valence electrons. The lowest BCUT2D eigenvalue weighted by Crippen LogP contribution is -2.32. The van der Waals surface area contributed by atoms with Crippen LogP contribution in [0.25, 0.3) is 0 Å². The zero-order chi connectivity index (χ0) is 23.8. The first-order valence-corrected chi connectivity index (χ1v) is 12.0. The highest BCUT2D eigenvalue weighted by Gasteiger charge is 2.15. The lowest BCUT2D eigenvalue weighted by Gasteiger charge is -2.19. The van der Waals surface area contributed by atoms with Crippen molar-refractivity contribution in [2.45, 2.75) is 96.9 Å². The highest BCUT2D eigenvalue weighted by Crippen LogP contribution is 2.22. The molecular weight excluding hydrogens is 408 g/mol. The topological polar surface area (TPSA) is 111 Å². The number of nitrogens with one attached hydrogen (secondary N) is 2. The Labute approximate surface area is 193 Å². The van der Waals surface area contributed by atoms with E-state index in [2.05, 4.69) is 10.6 Å². The van der Waals surface area contributed by atoms with Crippen LogP contribution in [0.4, 0.5) is 4.79 Å². The first-order valence-electron chi connectivity index (χ1n) is 12.0. The Bertz CT molecular complexity index is 646. The van der Waals surface area contributed by atoms with E-state index in [1.54, 1.807) is 12.1 Å². The van der Waals surface area contributed by atoms with Gasteiger partial charge in [0, 0.05) is 18.7 Å². The summed E-state index contributed by atoms with van der Waals surface area (Å²) >= 11 is 0. The van der Waals surface area contributed by atoms with Crippen molar-refractivity contribution in [2.75, 3.05) is 19.6 Å². The SMILES string of the molecule is CC(C)(C)OC(=O)NCCCCCCCCCCCNC[C@H](O)c1ccc(O)c(CO)c1. The maximum absolute atomic E-state index is 11.5. The van der Waals surface area contributed by atoms with Gasteiger partial charge in [0.1, 0.15) is 11.4 Å². The molecule has 32 heavy (non-hydrogen) atoms. The molecule has 0 saturated carbocycles. The molecule has 7 heteroatoms. The molecule has 0 aliphatic rings. The summed E-state index contributed by atoms with van der Waals surface area (Å²) in [5, 5.41) is 35.1. The van der Waals surface area contributed by atoms with Crippen molar-refractivity contribution in [3.05, 3.63) is 29.3 Å². The van der Waals surface area contributed by atoms with E-state index in [-0.39, 0.29) is 18.4 Å². The van der Waals surface area contributed by atoms with Gasteiger partial charge < -0.3 is 30.7 Å². The number of ether oxygens (including phenoxy) is 1. The predicted molar refractivity (Wildman–Crippen MR) is 128 cm³/mol. The summed E-state index contributed by atoms with van der Waals surface area (Å²) in [5.74, 6) is 0.0478. The van der Waals surface area contributed by atoms with Gasteiger partial charge in [-0.05, 0) is 57.9 Å². The van der Waals surface area contributed by atoms with Crippen molar-refractivity contribution >= 4 is 6.09 Å². The molecule has 7 nitrogen and oxygen atoms in total. The van der Waals surface area contributed by atoms with Gasteiger partial charge in [0.05, 0.1) is 12.7 Å². The van der Waals surface area contributed by atoms with E-state index in [9.17, 15) is 20.1 Å². The van der Waals surface area contributed by atoms with Crippen LogP contribution in [0.2, 0.25) is 0 Å². The van der Waals surface area contributed by atoms with Gasteiger partial charge in [-0.15, -0.1) is 0 Å². The van der Waals surface area contributed by atoms with Crippen molar-refractivity contribution in [1.29, 1.82) is 0 Å². The third-order valence-electron chi connectivity index (χ3n) is 5.19. The fraction of sp³-hybridized carbons (Fsp3) is 0.720. The normalized spacial score (nSPS) is 12.5. The van der Waals surface area contributed by atoms with Crippen LogP contribution in [-0.4, -0.2) is 46.6 Å². The lowest BCUT2D eigenvalue weighted by molar-refractivity contribution is 0.0527. The Morgan fingerprint density at radius 1 is 0.969 bits per heavy atom. The minimum Gasteiger partial charge on any atom is -0.508 e. The second kappa shape index (κ2) is 15.9. The molecule has 1 aromatic rings. The number of aromatic hydroxyl groups is 1. The van der Waals surface area contributed by atoms with E-state index in [1.165, 1.54) is 44.6 Å². The molecule has 1 amide bonds. The molecule has 0 radical (unpaired) electrons. The van der Waals surface area contributed by atoms with Crippen LogP contribution in [0.15, 0.2) is 18.2 Å². The minimum absolute atomic E-state index is 0.0478. The molecule has 0 heterocycles. The Kier molecular flexibility index (Phi) is 14.0. The molecular formula is C25H44N2O5. The van der Waals surface area contributed by atoms with Crippen LogP contribution >= 0.6 is 0 Å². The first-order chi connectivity index (χ1) is 15.2. The smallest absolute Gasteiger partial charge is 0.407 e. The average Bonchev–Trinajstić information content (AvgIpc) is 2.72. The van der Waals surface area contributed by atoms with E-state index in [0.717, 1.165) is 25.8 Å². The first kappa shape index (κ1) is 28.2. The highest BCUT2D eigenvalue weighted by atomic mass is 16.6. The van der Waals surface area contributed by atoms with E-state index < -0.39 is 11.7 Å². The van der Waals surface area contributed by atoms with Crippen LogP contribution < -0.4 is 10.6 Å². The van der Waals surface area contributed by atoms with Gasteiger partial charge in [0.25, 0.3) is 0 Å². The number of benzene rings is 1. The number of alkyl carbamates (subject to hydrolysis) is 1. The fourth-order valence-corrected chi connectivity index (χ4v) is 3.41. The number of rotatable bonds is 16. The molecule has 0 aliphatic heterocycles. The number of hydrogen-bond donors (Lipinski definition) is 5. The molecule has 5 N–H and O–H groups in total. The van der Waals surface area contributed by atoms with Gasteiger partial charge in [-0.1, -0.05) is 51.0 Å². The van der Waals surface area contributed by atoms with Crippen LogP contribution in [0.1, 0.15) is 95.8 Å². The van der Waals surface area contributed by atoms with Gasteiger partial charge in [0.15, 0.2) is 0 Å². The molecule has 0 unspecified atom stereocenters. The van der Waals surface area contributed by atoms with Crippen LogP contribution in [-0.2, 0) is 11.3 Å². The second-order valence-electron chi connectivity index (χ2n) is 9.38. The second-order valence-corrected chi connectivity index (χ2v) is 9.38. The van der Waals surface area contributed by atoms with Gasteiger partial charge in [-0.2, -0.15) is 0 Å². The maximum atomic E-state index is 11.5. The van der Waals surface area contributed by atoms with Gasteiger partial charge in [-0.25, -0.2) is 4.79 Å². The van der Waals surface area contributed by atoms with E-state index in [1.807, 2.05) is 20.8 Å². The summed E-state index contributed by atoms with van der Waals surface area (Å²) in [6.07, 6.45) is 9.54. The Hall–Kier alpha value is -1.83. The third-order valence-corrected chi connectivity index (χ3v) is 5.19. The molecule has 0 spiro atoms. The third kappa shape index (κ3) is 13.6. The predicted octanol–water partition coefficient (Wildman–Crippen LogP) is 4.54. The summed E-state index contributed by atoms with van der Waals surface area (Å²) in [5.41, 5.74) is 0.680. The number of unbranched alkanes of at least 4 members (excludes halogenated alkanes) is 8. The molecule has 1 rings (SSSR count). The monoisotopic (exact) mass is 452 g/mol. The molecule has 0 saturated heterocycles. The van der Waals surface area contributed by atoms with E-state index in [4.69, 9.17) is 4.74 Å². The van der Waals surface area contributed by atoms with Gasteiger partial charge in [-0.3, -0.25) is 0 Å². The summed E-state index contributed by atoms with van der Waals surface area (Å²) in [6.45, 7) is 7.34. The average molecular weight is 453 g/mol. The van der Waals surface area contributed by atoms with Crippen molar-refractivity contribution in [3.8, 4) is 5.75 Å². The quantitative estimate of drug-likeness (QED) is 0.235. The largest absolute Gasteiger partial charge is 0.508 e. The zero-order valence-electron chi connectivity index (χ0n) is 20.2. The Morgan fingerprint density at radius 2 is 1.53 bits per heavy atom. The summed E-state index contributed by atoms with van der Waals surface area (Å²) < 4.78 is 5.21. The lowest BCUT2D eigenvalue weighted by atomic mass is 10.1. The van der Waals surface area contributed by atoms with Crippen molar-refractivity contribution in [3.63, 3.8) is 0 Å². The van der Waals surface area contributed by atoms with E-state index >= 15 is 0 Å². The number of hydrogen-bond acceptors (Lipinski definition) is 6. The highest BCUT2D eigenvalue weighted by molar-refractivity contribution is 5.67. The Balaban J connectivity index is 1.90. The molecule has 1 aromatic carbocycles. The van der Waals surface area contributed by atoms with Gasteiger partial charge >= 0.3 is 6.09 Å². The number of amides is 1. The number of phenols is 1. The van der Waals surface area contributed by atoms with Gasteiger partial charge in [0.2, 0.25) is 0 Å². The molecule has 0 fully saturated rings. The fourth-order valence-electron chi connectivity index (χ4n) is 3.41. The molecule has 0 aliphatic carbocycles. The molecule has 0 aromatic heterocycles. The van der Waals surface area contributed by atoms with Crippen LogP contribution in [0.3, 0.4) is 0 Å². The summed E-state index contributed by atoms with van der Waals surface area (Å²) in [4.78, 5) is 11.5. The van der Waals surface area contributed by atoms with Crippen LogP contribution in [0.5, 0.6) is 5.75 Å². The van der Waals surface area contributed by atoms with E-state index in [0.29, 0.717) is 24.2 Å². The summed E-state index contributed by atoms with van der Waals surface area (Å²) in [6, 6.07) is 4.82. The minimum atomic E-state index is -0.653. The zero-order valence-corrected chi connectivity index (χ0v) is 20.2. The van der Waals surface area contributed by atoms with Crippen LogP contribution in [0, 0.1) is 0 Å². The Morgan fingerprint density at radius 3 is 2.09 bits per heavy atom. The number of carbonyl (C=O) groups is 1. The van der Waals surface area contributed by atoms with Crippen molar-refractivity contribution < 1.29 is 24.9 Å². The number of aliphatic hydroxyl groups is 2. The van der Waals surface area contributed by atoms with Crippen molar-refractivity contribution in [2.24, 2.45) is 0 Å².